The number of methoxy groups -OCH3 is 1. The van der Waals surface area contributed by atoms with E-state index in [1.54, 1.807) is 0 Å². The van der Waals surface area contributed by atoms with Crippen LogP contribution >= 0.6 is 0 Å². The van der Waals surface area contributed by atoms with Gasteiger partial charge in [-0.15, -0.1) is 0 Å². The number of rotatable bonds is 5. The SMILES string of the molecule is COc1ccc(C(=O)CS(=O)C2CCCC2)cc1F. The van der Waals surface area contributed by atoms with Crippen molar-refractivity contribution in [3.8, 4) is 5.75 Å². The lowest BCUT2D eigenvalue weighted by Gasteiger charge is -2.09. The molecule has 0 heterocycles. The van der Waals surface area contributed by atoms with Gasteiger partial charge in [-0.3, -0.25) is 9.00 Å². The fourth-order valence-electron chi connectivity index (χ4n) is 2.32. The van der Waals surface area contributed by atoms with Crippen molar-refractivity contribution in [3.05, 3.63) is 29.6 Å². The molecule has 2 rings (SSSR count). The first-order valence-electron chi connectivity index (χ1n) is 6.35. The van der Waals surface area contributed by atoms with Crippen LogP contribution in [0.15, 0.2) is 18.2 Å². The molecule has 1 atom stereocenters. The second-order valence-electron chi connectivity index (χ2n) is 4.70. The summed E-state index contributed by atoms with van der Waals surface area (Å²) >= 11 is 0. The van der Waals surface area contributed by atoms with Crippen molar-refractivity contribution in [2.75, 3.05) is 12.9 Å². The van der Waals surface area contributed by atoms with Crippen molar-refractivity contribution >= 4 is 16.6 Å². The van der Waals surface area contributed by atoms with Crippen molar-refractivity contribution in [2.24, 2.45) is 0 Å². The van der Waals surface area contributed by atoms with E-state index in [4.69, 9.17) is 4.74 Å². The van der Waals surface area contributed by atoms with Crippen molar-refractivity contribution in [2.45, 2.75) is 30.9 Å². The highest BCUT2D eigenvalue weighted by molar-refractivity contribution is 7.86. The zero-order valence-electron chi connectivity index (χ0n) is 10.9. The summed E-state index contributed by atoms with van der Waals surface area (Å²) < 4.78 is 30.3. The lowest BCUT2D eigenvalue weighted by molar-refractivity contribution is 0.102. The van der Waals surface area contributed by atoms with Gasteiger partial charge in [0.15, 0.2) is 17.3 Å². The summed E-state index contributed by atoms with van der Waals surface area (Å²) in [6, 6.07) is 4.07. The van der Waals surface area contributed by atoms with Crippen molar-refractivity contribution < 1.29 is 18.1 Å². The molecule has 1 unspecified atom stereocenters. The monoisotopic (exact) mass is 284 g/mol. The molecule has 0 N–H and O–H groups in total. The van der Waals surface area contributed by atoms with Gasteiger partial charge in [0.2, 0.25) is 0 Å². The summed E-state index contributed by atoms with van der Waals surface area (Å²) in [5.41, 5.74) is 0.254. The van der Waals surface area contributed by atoms with Gasteiger partial charge in [0, 0.05) is 21.6 Å². The lowest BCUT2D eigenvalue weighted by Crippen LogP contribution is -2.19. The molecule has 0 bridgehead atoms. The molecule has 1 aromatic rings. The highest BCUT2D eigenvalue weighted by Crippen LogP contribution is 2.24. The molecule has 5 heteroatoms. The fraction of sp³-hybridized carbons (Fsp3) is 0.500. The molecule has 3 nitrogen and oxygen atoms in total. The van der Waals surface area contributed by atoms with Crippen molar-refractivity contribution in [3.63, 3.8) is 0 Å². The van der Waals surface area contributed by atoms with E-state index in [9.17, 15) is 13.4 Å². The zero-order valence-corrected chi connectivity index (χ0v) is 11.7. The molecule has 1 aromatic carbocycles. The van der Waals surface area contributed by atoms with Gasteiger partial charge in [-0.2, -0.15) is 0 Å². The number of halogens is 1. The molecule has 0 amide bonds. The van der Waals surface area contributed by atoms with Crippen molar-refractivity contribution in [1.29, 1.82) is 0 Å². The van der Waals surface area contributed by atoms with Gasteiger partial charge in [0.1, 0.15) is 0 Å². The molecular weight excluding hydrogens is 267 g/mol. The van der Waals surface area contributed by atoms with Crippen LogP contribution in [0.3, 0.4) is 0 Å². The minimum absolute atomic E-state index is 0.0174. The molecule has 0 saturated heterocycles. The van der Waals surface area contributed by atoms with Gasteiger partial charge in [-0.05, 0) is 31.0 Å². The average molecular weight is 284 g/mol. The first kappa shape index (κ1) is 14.2. The largest absolute Gasteiger partial charge is 0.494 e. The first-order chi connectivity index (χ1) is 9.11. The average Bonchev–Trinajstić information content (AvgIpc) is 2.92. The van der Waals surface area contributed by atoms with Crippen LogP contribution in [0.5, 0.6) is 5.75 Å². The highest BCUT2D eigenvalue weighted by atomic mass is 32.2. The van der Waals surface area contributed by atoms with E-state index in [1.807, 2.05) is 0 Å². The summed E-state index contributed by atoms with van der Waals surface area (Å²) in [5, 5.41) is 0.132. The predicted molar refractivity (Wildman–Crippen MR) is 72.5 cm³/mol. The highest BCUT2D eigenvalue weighted by Gasteiger charge is 2.23. The Balaban J connectivity index is 2.03. The smallest absolute Gasteiger partial charge is 0.175 e. The number of ether oxygens (including phenoxy) is 1. The Hall–Kier alpha value is -1.23. The van der Waals surface area contributed by atoms with Crippen LogP contribution in [-0.2, 0) is 10.8 Å². The van der Waals surface area contributed by atoms with E-state index in [0.29, 0.717) is 0 Å². The summed E-state index contributed by atoms with van der Waals surface area (Å²) in [7, 11) is 0.227. The Kier molecular flexibility index (Phi) is 4.69. The number of carbonyl (C=O) groups excluding carboxylic acids is 1. The summed E-state index contributed by atoms with van der Waals surface area (Å²) in [6.07, 6.45) is 4.03. The number of carbonyl (C=O) groups is 1. The van der Waals surface area contributed by atoms with Gasteiger partial charge < -0.3 is 4.74 Å². The van der Waals surface area contributed by atoms with E-state index in [1.165, 1.54) is 19.2 Å². The second kappa shape index (κ2) is 6.28. The number of hydrogen-bond donors (Lipinski definition) is 0. The van der Waals surface area contributed by atoms with E-state index in [0.717, 1.165) is 31.7 Å². The van der Waals surface area contributed by atoms with E-state index in [2.05, 4.69) is 0 Å². The molecule has 0 spiro atoms. The molecule has 1 saturated carbocycles. The van der Waals surface area contributed by atoms with E-state index < -0.39 is 16.6 Å². The Labute approximate surface area is 114 Å². The normalized spacial score (nSPS) is 17.4. The zero-order chi connectivity index (χ0) is 13.8. The topological polar surface area (TPSA) is 43.4 Å². The Morgan fingerprint density at radius 2 is 2.11 bits per heavy atom. The Morgan fingerprint density at radius 1 is 1.42 bits per heavy atom. The van der Waals surface area contributed by atoms with Gasteiger partial charge >= 0.3 is 0 Å². The van der Waals surface area contributed by atoms with Crippen LogP contribution in [0, 0.1) is 5.82 Å². The number of Topliss-reactive ketones (excluding diaryl/α,β-unsaturated/α-hetero) is 1. The minimum atomic E-state index is -1.14. The third-order valence-electron chi connectivity index (χ3n) is 3.42. The summed E-state index contributed by atoms with van der Waals surface area (Å²) in [5.74, 6) is -0.753. The predicted octanol–water partition coefficient (Wildman–Crippen LogP) is 2.71. The first-order valence-corrected chi connectivity index (χ1v) is 7.74. The maximum Gasteiger partial charge on any atom is 0.175 e. The van der Waals surface area contributed by atoms with Crippen LogP contribution in [-0.4, -0.2) is 28.1 Å². The van der Waals surface area contributed by atoms with E-state index >= 15 is 0 Å². The van der Waals surface area contributed by atoms with Crippen LogP contribution in [0.2, 0.25) is 0 Å². The molecule has 19 heavy (non-hydrogen) atoms. The lowest BCUT2D eigenvalue weighted by atomic mass is 10.1. The minimum Gasteiger partial charge on any atom is -0.494 e. The molecule has 1 fully saturated rings. The van der Waals surface area contributed by atoms with Crippen LogP contribution < -0.4 is 4.74 Å². The summed E-state index contributed by atoms with van der Waals surface area (Å²) in [4.78, 5) is 12.0. The molecular formula is C14H17FO3S. The van der Waals surface area contributed by atoms with Crippen LogP contribution in [0.4, 0.5) is 4.39 Å². The molecule has 1 aliphatic rings. The van der Waals surface area contributed by atoms with Crippen molar-refractivity contribution in [1.82, 2.24) is 0 Å². The van der Waals surface area contributed by atoms with Gasteiger partial charge in [-0.1, -0.05) is 12.8 Å². The second-order valence-corrected chi connectivity index (χ2v) is 6.42. The van der Waals surface area contributed by atoms with E-state index in [-0.39, 0.29) is 28.1 Å². The van der Waals surface area contributed by atoms with Gasteiger partial charge in [-0.25, -0.2) is 4.39 Å². The van der Waals surface area contributed by atoms with Gasteiger partial charge in [0.25, 0.3) is 0 Å². The third-order valence-corrected chi connectivity index (χ3v) is 5.18. The van der Waals surface area contributed by atoms with Crippen LogP contribution in [0.1, 0.15) is 36.0 Å². The maximum atomic E-state index is 13.5. The Bertz CT molecular complexity index is 495. The quantitative estimate of drug-likeness (QED) is 0.781. The molecule has 1 aliphatic carbocycles. The van der Waals surface area contributed by atoms with Crippen LogP contribution in [0.25, 0.3) is 0 Å². The number of benzene rings is 1. The summed E-state index contributed by atoms with van der Waals surface area (Å²) in [6.45, 7) is 0. The molecule has 0 aromatic heterocycles. The van der Waals surface area contributed by atoms with Gasteiger partial charge in [0.05, 0.1) is 12.9 Å². The number of ketones is 1. The third kappa shape index (κ3) is 3.41. The Morgan fingerprint density at radius 3 is 2.68 bits per heavy atom. The molecule has 0 radical (unpaired) electrons. The molecule has 0 aliphatic heterocycles. The maximum absolute atomic E-state index is 13.5. The standard InChI is InChI=1S/C14H17FO3S/c1-18-14-7-6-10(8-12(14)15)13(16)9-19(17)11-4-2-3-5-11/h6-8,11H,2-5,9H2,1H3. The fourth-order valence-corrected chi connectivity index (χ4v) is 3.84. The number of hydrogen-bond acceptors (Lipinski definition) is 3. The molecule has 104 valence electrons.